The van der Waals surface area contributed by atoms with Gasteiger partial charge in [-0.2, -0.15) is 5.10 Å². The Kier molecular flexibility index (Phi) is 5.10. The first-order valence-electron chi connectivity index (χ1n) is 7.67. The van der Waals surface area contributed by atoms with Crippen LogP contribution in [-0.4, -0.2) is 23.2 Å². The highest BCUT2D eigenvalue weighted by Gasteiger charge is 2.15. The Labute approximate surface area is 149 Å². The van der Waals surface area contributed by atoms with Crippen LogP contribution in [0.1, 0.15) is 11.1 Å². The molecule has 136 valence electrons. The van der Waals surface area contributed by atoms with Crippen LogP contribution < -0.4 is 4.72 Å². The summed E-state index contributed by atoms with van der Waals surface area (Å²) in [6.45, 7) is -0.00179. The van der Waals surface area contributed by atoms with E-state index in [-0.39, 0.29) is 12.1 Å². The number of hydrogen-bond acceptors (Lipinski definition) is 4. The van der Waals surface area contributed by atoms with Crippen LogP contribution >= 0.6 is 0 Å². The highest BCUT2D eigenvalue weighted by molar-refractivity contribution is 7.88. The molecule has 0 fully saturated rings. The van der Waals surface area contributed by atoms with E-state index in [1.807, 2.05) is 0 Å². The van der Waals surface area contributed by atoms with Crippen molar-refractivity contribution in [3.63, 3.8) is 0 Å². The average molecular weight is 378 g/mol. The molecule has 3 rings (SSSR count). The maximum Gasteiger partial charge on any atom is 0.216 e. The molecule has 0 spiro atoms. The van der Waals surface area contributed by atoms with E-state index < -0.39 is 27.4 Å². The lowest BCUT2D eigenvalue weighted by Crippen LogP contribution is -2.25. The molecule has 0 aliphatic rings. The van der Waals surface area contributed by atoms with Crippen LogP contribution in [0.15, 0.2) is 48.9 Å². The van der Waals surface area contributed by atoms with Crippen molar-refractivity contribution in [3.8, 4) is 11.3 Å². The quantitative estimate of drug-likeness (QED) is 0.715. The van der Waals surface area contributed by atoms with Crippen LogP contribution in [0.2, 0.25) is 0 Å². The van der Waals surface area contributed by atoms with Gasteiger partial charge in [-0.05, 0) is 29.3 Å². The molecule has 9 heteroatoms. The number of hydrogen-bond donors (Lipinski definition) is 1. The van der Waals surface area contributed by atoms with Gasteiger partial charge in [0.15, 0.2) is 0 Å². The summed E-state index contributed by atoms with van der Waals surface area (Å²) in [5, 5.41) is 4.08. The molecule has 0 saturated carbocycles. The molecule has 0 atom stereocenters. The zero-order valence-electron chi connectivity index (χ0n) is 13.9. The van der Waals surface area contributed by atoms with Gasteiger partial charge in [-0.1, -0.05) is 6.07 Å². The predicted molar refractivity (Wildman–Crippen MR) is 92.3 cm³/mol. The second-order valence-electron chi connectivity index (χ2n) is 5.77. The van der Waals surface area contributed by atoms with Crippen molar-refractivity contribution in [3.05, 3.63) is 71.7 Å². The maximum absolute atomic E-state index is 13.2. The predicted octanol–water partition coefficient (Wildman–Crippen LogP) is 2.38. The van der Waals surface area contributed by atoms with Crippen LogP contribution in [-0.2, 0) is 29.4 Å². The Hall–Kier alpha value is -2.65. The summed E-state index contributed by atoms with van der Waals surface area (Å²) in [5.74, 6) is -2.16. The number of nitrogens with zero attached hydrogens (tertiary/aromatic N) is 3. The molecule has 2 aromatic heterocycles. The van der Waals surface area contributed by atoms with E-state index in [1.54, 1.807) is 42.5 Å². The standard InChI is InChI=1S/C17H16F2N4O2S/c1-23-10-14(8-21-23)17-13(3-2-4-20-17)9-22-26(24,25)11-12-5-15(18)7-16(19)6-12/h2-8,10,22H,9,11H2,1H3. The molecule has 1 aromatic carbocycles. The Balaban J connectivity index is 1.76. The molecule has 2 heterocycles. The molecule has 0 bridgehead atoms. The normalized spacial score (nSPS) is 11.7. The van der Waals surface area contributed by atoms with Crippen molar-refractivity contribution in [2.24, 2.45) is 7.05 Å². The van der Waals surface area contributed by atoms with Crippen molar-refractivity contribution in [2.45, 2.75) is 12.3 Å². The fraction of sp³-hybridized carbons (Fsp3) is 0.176. The van der Waals surface area contributed by atoms with Gasteiger partial charge in [0.25, 0.3) is 0 Å². The van der Waals surface area contributed by atoms with E-state index in [9.17, 15) is 17.2 Å². The lowest BCUT2D eigenvalue weighted by molar-refractivity contribution is 0.574. The SMILES string of the molecule is Cn1cc(-c2ncccc2CNS(=O)(=O)Cc2cc(F)cc(F)c2)cn1. The van der Waals surface area contributed by atoms with E-state index >= 15 is 0 Å². The Morgan fingerprint density at radius 3 is 2.58 bits per heavy atom. The number of benzene rings is 1. The van der Waals surface area contributed by atoms with E-state index in [1.165, 1.54) is 0 Å². The van der Waals surface area contributed by atoms with Crippen LogP contribution in [0.3, 0.4) is 0 Å². The van der Waals surface area contributed by atoms with Crippen LogP contribution in [0, 0.1) is 11.6 Å². The second-order valence-corrected chi connectivity index (χ2v) is 7.58. The first-order chi connectivity index (χ1) is 12.3. The number of nitrogens with one attached hydrogen (secondary N) is 1. The molecular weight excluding hydrogens is 362 g/mol. The number of rotatable bonds is 6. The van der Waals surface area contributed by atoms with Gasteiger partial charge in [0, 0.05) is 37.6 Å². The summed E-state index contributed by atoms with van der Waals surface area (Å²) < 4.78 is 55.0. The van der Waals surface area contributed by atoms with Gasteiger partial charge >= 0.3 is 0 Å². The monoisotopic (exact) mass is 378 g/mol. The van der Waals surface area contributed by atoms with Gasteiger partial charge in [-0.15, -0.1) is 0 Å². The lowest BCUT2D eigenvalue weighted by Gasteiger charge is -2.10. The number of aryl methyl sites for hydroxylation is 1. The molecule has 1 N–H and O–H groups in total. The summed E-state index contributed by atoms with van der Waals surface area (Å²) in [6, 6.07) is 6.13. The van der Waals surface area contributed by atoms with Crippen molar-refractivity contribution in [2.75, 3.05) is 0 Å². The fourth-order valence-corrected chi connectivity index (χ4v) is 3.62. The molecule has 0 radical (unpaired) electrons. The highest BCUT2D eigenvalue weighted by Crippen LogP contribution is 2.20. The van der Waals surface area contributed by atoms with Crippen molar-refractivity contribution < 1.29 is 17.2 Å². The summed E-state index contributed by atoms with van der Waals surface area (Å²) in [6.07, 6.45) is 5.02. The molecule has 0 aliphatic heterocycles. The summed E-state index contributed by atoms with van der Waals surface area (Å²) in [5.41, 5.74) is 2.07. The molecule has 3 aromatic rings. The number of aromatic nitrogens is 3. The molecule has 6 nitrogen and oxygen atoms in total. The topological polar surface area (TPSA) is 76.9 Å². The lowest BCUT2D eigenvalue weighted by atomic mass is 10.1. The van der Waals surface area contributed by atoms with Crippen LogP contribution in [0.4, 0.5) is 8.78 Å². The van der Waals surface area contributed by atoms with Crippen LogP contribution in [0.5, 0.6) is 0 Å². The van der Waals surface area contributed by atoms with Gasteiger partial charge in [-0.25, -0.2) is 21.9 Å². The van der Waals surface area contributed by atoms with E-state index in [0.717, 1.165) is 17.7 Å². The third kappa shape index (κ3) is 4.50. The first-order valence-corrected chi connectivity index (χ1v) is 9.33. The first kappa shape index (κ1) is 18.2. The summed E-state index contributed by atoms with van der Waals surface area (Å²) >= 11 is 0. The minimum Gasteiger partial charge on any atom is -0.275 e. The Morgan fingerprint density at radius 2 is 1.92 bits per heavy atom. The van der Waals surface area contributed by atoms with Gasteiger partial charge in [0.2, 0.25) is 10.0 Å². The fourth-order valence-electron chi connectivity index (χ4n) is 2.54. The maximum atomic E-state index is 13.2. The highest BCUT2D eigenvalue weighted by atomic mass is 32.2. The van der Waals surface area contributed by atoms with Crippen LogP contribution in [0.25, 0.3) is 11.3 Å². The molecule has 0 amide bonds. The number of halogens is 2. The largest absolute Gasteiger partial charge is 0.275 e. The third-order valence-electron chi connectivity index (χ3n) is 3.63. The molecule has 0 aliphatic carbocycles. The minimum absolute atomic E-state index is 0.00179. The smallest absolute Gasteiger partial charge is 0.216 e. The van der Waals surface area contributed by atoms with Crippen molar-refractivity contribution in [1.82, 2.24) is 19.5 Å². The summed E-state index contributed by atoms with van der Waals surface area (Å²) in [7, 11) is -2.02. The third-order valence-corrected chi connectivity index (χ3v) is 4.93. The molecule has 0 saturated heterocycles. The van der Waals surface area contributed by atoms with Crippen molar-refractivity contribution in [1.29, 1.82) is 0 Å². The van der Waals surface area contributed by atoms with Gasteiger partial charge in [-0.3, -0.25) is 9.67 Å². The molecule has 26 heavy (non-hydrogen) atoms. The number of sulfonamides is 1. The van der Waals surface area contributed by atoms with Gasteiger partial charge < -0.3 is 0 Å². The van der Waals surface area contributed by atoms with Crippen molar-refractivity contribution >= 4 is 10.0 Å². The molecule has 0 unspecified atom stereocenters. The average Bonchev–Trinajstić information content (AvgIpc) is 2.98. The van der Waals surface area contributed by atoms with E-state index in [0.29, 0.717) is 17.3 Å². The number of pyridine rings is 1. The van der Waals surface area contributed by atoms with E-state index in [2.05, 4.69) is 14.8 Å². The second kappa shape index (κ2) is 7.30. The van der Waals surface area contributed by atoms with Gasteiger partial charge in [0.1, 0.15) is 11.6 Å². The molecular formula is C17H16F2N4O2S. The zero-order chi connectivity index (χ0) is 18.7. The Morgan fingerprint density at radius 1 is 1.19 bits per heavy atom. The zero-order valence-corrected chi connectivity index (χ0v) is 14.7. The minimum atomic E-state index is -3.79. The summed E-state index contributed by atoms with van der Waals surface area (Å²) in [4.78, 5) is 4.28. The van der Waals surface area contributed by atoms with E-state index in [4.69, 9.17) is 0 Å². The Bertz CT molecular complexity index is 1010. The van der Waals surface area contributed by atoms with Gasteiger partial charge in [0.05, 0.1) is 17.6 Å².